The Hall–Kier alpha value is -2.00. The van der Waals surface area contributed by atoms with Gasteiger partial charge in [-0.2, -0.15) is 0 Å². The molecule has 23 heavy (non-hydrogen) atoms. The predicted molar refractivity (Wildman–Crippen MR) is 96.2 cm³/mol. The normalized spacial score (nSPS) is 16.2. The number of nitrogens with one attached hydrogen (secondary N) is 1. The van der Waals surface area contributed by atoms with Gasteiger partial charge in [0.15, 0.2) is 0 Å². The molecular formula is C20H26N2O. The summed E-state index contributed by atoms with van der Waals surface area (Å²) < 4.78 is 5.20. The summed E-state index contributed by atoms with van der Waals surface area (Å²) in [6.07, 6.45) is 3.57. The van der Waals surface area contributed by atoms with E-state index in [0.29, 0.717) is 6.04 Å². The van der Waals surface area contributed by atoms with E-state index in [9.17, 15) is 0 Å². The van der Waals surface area contributed by atoms with Gasteiger partial charge in [-0.3, -0.25) is 0 Å². The smallest absolute Gasteiger partial charge is 0.119 e. The maximum absolute atomic E-state index is 5.20. The molecule has 1 N–H and O–H groups in total. The Morgan fingerprint density at radius 1 is 1.00 bits per heavy atom. The van der Waals surface area contributed by atoms with E-state index in [1.165, 1.54) is 43.7 Å². The Kier molecular flexibility index (Phi) is 5.54. The number of piperidine rings is 1. The minimum absolute atomic E-state index is 0.580. The Balaban J connectivity index is 1.41. The second kappa shape index (κ2) is 8.02. The van der Waals surface area contributed by atoms with E-state index < -0.39 is 0 Å². The van der Waals surface area contributed by atoms with Crippen LogP contribution >= 0.6 is 0 Å². The first-order valence-corrected chi connectivity index (χ1v) is 8.50. The minimum atomic E-state index is 0.580. The predicted octanol–water partition coefficient (Wildman–Crippen LogP) is 3.81. The van der Waals surface area contributed by atoms with E-state index in [2.05, 4.69) is 52.7 Å². The fraction of sp³-hybridized carbons (Fsp3) is 0.400. The Labute approximate surface area is 139 Å². The summed E-state index contributed by atoms with van der Waals surface area (Å²) >= 11 is 0. The van der Waals surface area contributed by atoms with Crippen molar-refractivity contribution in [3.8, 4) is 5.75 Å². The highest BCUT2D eigenvalue weighted by molar-refractivity contribution is 5.47. The second-order valence-electron chi connectivity index (χ2n) is 6.22. The van der Waals surface area contributed by atoms with Crippen molar-refractivity contribution >= 4 is 5.69 Å². The zero-order valence-electron chi connectivity index (χ0n) is 13.9. The second-order valence-corrected chi connectivity index (χ2v) is 6.22. The molecule has 1 saturated heterocycles. The largest absolute Gasteiger partial charge is 0.497 e. The molecule has 1 aliphatic rings. The molecule has 2 aromatic carbocycles. The number of likely N-dealkylation sites (tertiary alicyclic amines) is 1. The van der Waals surface area contributed by atoms with E-state index in [1.54, 1.807) is 7.11 Å². The van der Waals surface area contributed by atoms with Crippen molar-refractivity contribution in [2.45, 2.75) is 25.3 Å². The molecule has 0 atom stereocenters. The SMILES string of the molecule is COc1ccc(NC2CCN(CCc3ccccc3)CC2)cc1. The lowest BCUT2D eigenvalue weighted by molar-refractivity contribution is 0.221. The van der Waals surface area contributed by atoms with Gasteiger partial charge in [-0.15, -0.1) is 0 Å². The standard InChI is InChI=1S/C20H26N2O/c1-23-20-9-7-18(8-10-20)21-19-12-15-22(16-13-19)14-11-17-5-3-2-4-6-17/h2-10,19,21H,11-16H2,1H3. The van der Waals surface area contributed by atoms with E-state index in [-0.39, 0.29) is 0 Å². The fourth-order valence-electron chi connectivity index (χ4n) is 3.16. The molecule has 0 unspecified atom stereocenters. The number of hydrogen-bond donors (Lipinski definition) is 1. The molecular weight excluding hydrogens is 284 g/mol. The maximum atomic E-state index is 5.20. The zero-order chi connectivity index (χ0) is 15.9. The van der Waals surface area contributed by atoms with E-state index >= 15 is 0 Å². The molecule has 1 fully saturated rings. The van der Waals surface area contributed by atoms with Crippen LogP contribution in [0, 0.1) is 0 Å². The Morgan fingerprint density at radius 3 is 2.35 bits per heavy atom. The summed E-state index contributed by atoms with van der Waals surface area (Å²) in [6.45, 7) is 3.53. The highest BCUT2D eigenvalue weighted by Crippen LogP contribution is 2.19. The summed E-state index contributed by atoms with van der Waals surface area (Å²) in [5.41, 5.74) is 2.62. The van der Waals surface area contributed by atoms with Crippen LogP contribution in [0.4, 0.5) is 5.69 Å². The monoisotopic (exact) mass is 310 g/mol. The van der Waals surface area contributed by atoms with Crippen molar-refractivity contribution in [3.05, 3.63) is 60.2 Å². The molecule has 0 aromatic heterocycles. The highest BCUT2D eigenvalue weighted by atomic mass is 16.5. The van der Waals surface area contributed by atoms with Crippen molar-refractivity contribution in [2.24, 2.45) is 0 Å². The molecule has 0 amide bonds. The third-order valence-electron chi connectivity index (χ3n) is 4.61. The molecule has 3 nitrogen and oxygen atoms in total. The number of hydrogen-bond acceptors (Lipinski definition) is 3. The number of methoxy groups -OCH3 is 1. The van der Waals surface area contributed by atoms with E-state index in [1.807, 2.05) is 12.1 Å². The summed E-state index contributed by atoms with van der Waals surface area (Å²) in [6, 6.07) is 19.6. The molecule has 0 saturated carbocycles. The lowest BCUT2D eigenvalue weighted by Gasteiger charge is -2.32. The minimum Gasteiger partial charge on any atom is -0.497 e. The maximum Gasteiger partial charge on any atom is 0.119 e. The van der Waals surface area contributed by atoms with Crippen LogP contribution in [-0.2, 0) is 6.42 Å². The van der Waals surface area contributed by atoms with Gasteiger partial charge >= 0.3 is 0 Å². The summed E-state index contributed by atoms with van der Waals surface area (Å²) in [4.78, 5) is 2.58. The first kappa shape index (κ1) is 15.9. The van der Waals surface area contributed by atoms with Crippen molar-refractivity contribution in [1.82, 2.24) is 4.90 Å². The lowest BCUT2D eigenvalue weighted by atomic mass is 10.0. The quantitative estimate of drug-likeness (QED) is 0.878. The molecule has 0 spiro atoms. The zero-order valence-corrected chi connectivity index (χ0v) is 13.9. The first-order chi connectivity index (χ1) is 11.3. The van der Waals surface area contributed by atoms with E-state index in [4.69, 9.17) is 4.74 Å². The Bertz CT molecular complexity index is 574. The van der Waals surface area contributed by atoms with Crippen LogP contribution in [-0.4, -0.2) is 37.7 Å². The molecule has 1 heterocycles. The lowest BCUT2D eigenvalue weighted by Crippen LogP contribution is -2.40. The van der Waals surface area contributed by atoms with Crippen LogP contribution in [0.25, 0.3) is 0 Å². The van der Waals surface area contributed by atoms with Gasteiger partial charge in [-0.05, 0) is 49.1 Å². The van der Waals surface area contributed by atoms with Crippen LogP contribution in [0.5, 0.6) is 5.75 Å². The van der Waals surface area contributed by atoms with Crippen LogP contribution < -0.4 is 10.1 Å². The van der Waals surface area contributed by atoms with Gasteiger partial charge in [0.25, 0.3) is 0 Å². The van der Waals surface area contributed by atoms with Gasteiger partial charge in [0.1, 0.15) is 5.75 Å². The van der Waals surface area contributed by atoms with Crippen LogP contribution in [0.15, 0.2) is 54.6 Å². The van der Waals surface area contributed by atoms with Crippen molar-refractivity contribution < 1.29 is 4.74 Å². The summed E-state index contributed by atoms with van der Waals surface area (Å²) in [5, 5.41) is 3.64. The number of nitrogens with zero attached hydrogens (tertiary/aromatic N) is 1. The van der Waals surface area contributed by atoms with Crippen LogP contribution in [0.2, 0.25) is 0 Å². The summed E-state index contributed by atoms with van der Waals surface area (Å²) in [7, 11) is 1.70. The average Bonchev–Trinajstić information content (AvgIpc) is 2.63. The van der Waals surface area contributed by atoms with E-state index in [0.717, 1.165) is 12.2 Å². The summed E-state index contributed by atoms with van der Waals surface area (Å²) in [5.74, 6) is 0.909. The van der Waals surface area contributed by atoms with Crippen molar-refractivity contribution in [1.29, 1.82) is 0 Å². The average molecular weight is 310 g/mol. The third kappa shape index (κ3) is 4.73. The van der Waals surface area contributed by atoms with Crippen molar-refractivity contribution in [3.63, 3.8) is 0 Å². The van der Waals surface area contributed by atoms with Crippen molar-refractivity contribution in [2.75, 3.05) is 32.1 Å². The van der Waals surface area contributed by atoms with Gasteiger partial charge in [-0.25, -0.2) is 0 Å². The molecule has 122 valence electrons. The van der Waals surface area contributed by atoms with Crippen LogP contribution in [0.3, 0.4) is 0 Å². The van der Waals surface area contributed by atoms with Gasteiger partial charge in [0.05, 0.1) is 7.11 Å². The topological polar surface area (TPSA) is 24.5 Å². The molecule has 1 aliphatic heterocycles. The molecule has 0 radical (unpaired) electrons. The number of benzene rings is 2. The fourth-order valence-corrected chi connectivity index (χ4v) is 3.16. The van der Waals surface area contributed by atoms with Crippen LogP contribution in [0.1, 0.15) is 18.4 Å². The number of rotatable bonds is 6. The highest BCUT2D eigenvalue weighted by Gasteiger charge is 2.18. The number of anilines is 1. The van der Waals surface area contributed by atoms with Gasteiger partial charge in [-0.1, -0.05) is 30.3 Å². The molecule has 0 bridgehead atoms. The molecule has 2 aromatic rings. The molecule has 3 heteroatoms. The first-order valence-electron chi connectivity index (χ1n) is 8.50. The molecule has 0 aliphatic carbocycles. The van der Waals surface area contributed by atoms with Gasteiger partial charge in [0, 0.05) is 31.4 Å². The molecule has 3 rings (SSSR count). The van der Waals surface area contributed by atoms with Gasteiger partial charge < -0.3 is 15.0 Å². The third-order valence-corrected chi connectivity index (χ3v) is 4.61. The number of ether oxygens (including phenoxy) is 1. The van der Waals surface area contributed by atoms with Gasteiger partial charge in [0.2, 0.25) is 0 Å². The Morgan fingerprint density at radius 2 is 1.70 bits per heavy atom.